The molecule has 1 saturated heterocycles. The van der Waals surface area contributed by atoms with E-state index >= 15 is 0 Å². The Balaban J connectivity index is 1.21. The Morgan fingerprint density at radius 1 is 0.905 bits per heavy atom. The molecular formula is C29H41N3O10. The molecule has 2 aliphatic heterocycles. The van der Waals surface area contributed by atoms with Gasteiger partial charge >= 0.3 is 6.09 Å². The van der Waals surface area contributed by atoms with Crippen LogP contribution in [0.3, 0.4) is 0 Å². The number of alkyl carbamates (subject to hydrolysis) is 1. The Morgan fingerprint density at radius 2 is 1.52 bits per heavy atom. The molecule has 13 heteroatoms. The summed E-state index contributed by atoms with van der Waals surface area (Å²) in [7, 11) is 0. The number of piperidine rings is 1. The molecule has 1 atom stereocenters. The van der Waals surface area contributed by atoms with Gasteiger partial charge in [0.25, 0.3) is 11.8 Å². The first-order chi connectivity index (χ1) is 20.1. The minimum absolute atomic E-state index is 0.0811. The molecule has 3 rings (SSSR count). The summed E-state index contributed by atoms with van der Waals surface area (Å²) in [6.45, 7) is 9.02. The monoisotopic (exact) mass is 591 g/mol. The number of nitrogens with zero attached hydrogens (tertiary/aromatic N) is 1. The number of aryl methyl sites for hydroxylation is 1. The first-order valence-corrected chi connectivity index (χ1v) is 14.2. The molecule has 1 fully saturated rings. The number of nitrogens with one attached hydrogen (secondary N) is 2. The molecule has 2 heterocycles. The van der Waals surface area contributed by atoms with Gasteiger partial charge in [0, 0.05) is 19.6 Å². The maximum Gasteiger partial charge on any atom is 0.407 e. The molecule has 0 spiro atoms. The van der Waals surface area contributed by atoms with E-state index in [4.69, 9.17) is 23.7 Å². The van der Waals surface area contributed by atoms with Gasteiger partial charge in [0.2, 0.25) is 11.8 Å². The topological polar surface area (TPSA) is 159 Å². The lowest BCUT2D eigenvalue weighted by molar-refractivity contribution is -0.136. The third-order valence-corrected chi connectivity index (χ3v) is 6.32. The second-order valence-corrected chi connectivity index (χ2v) is 10.8. The van der Waals surface area contributed by atoms with Crippen LogP contribution in [-0.2, 0) is 39.7 Å². The van der Waals surface area contributed by atoms with Crippen molar-refractivity contribution in [3.63, 3.8) is 0 Å². The van der Waals surface area contributed by atoms with Gasteiger partial charge in [-0.15, -0.1) is 0 Å². The number of hydrogen-bond acceptors (Lipinski definition) is 10. The van der Waals surface area contributed by atoms with Crippen molar-refractivity contribution in [1.82, 2.24) is 15.5 Å². The van der Waals surface area contributed by atoms with Crippen LogP contribution < -0.4 is 10.6 Å². The molecule has 13 nitrogen and oxygen atoms in total. The van der Waals surface area contributed by atoms with E-state index in [1.807, 2.05) is 0 Å². The molecule has 0 aromatic heterocycles. The number of fused-ring (bicyclic) bond motifs is 1. The van der Waals surface area contributed by atoms with Crippen LogP contribution >= 0.6 is 0 Å². The van der Waals surface area contributed by atoms with E-state index in [1.54, 1.807) is 39.0 Å². The van der Waals surface area contributed by atoms with Crippen LogP contribution in [0.2, 0.25) is 0 Å². The fraction of sp³-hybridized carbons (Fsp3) is 0.621. The summed E-state index contributed by atoms with van der Waals surface area (Å²) < 4.78 is 27.1. The van der Waals surface area contributed by atoms with Gasteiger partial charge < -0.3 is 29.0 Å². The average Bonchev–Trinajstić information content (AvgIpc) is 3.17. The molecule has 0 aliphatic carbocycles. The van der Waals surface area contributed by atoms with E-state index in [0.717, 1.165) is 10.5 Å². The SMILES string of the molecule is CC(C)(C)OC(=O)NCCOCCOCCOCCOCCCc1cccc2c1C(=O)N(C1CCC(=O)NC1=O)C2=O. The van der Waals surface area contributed by atoms with Gasteiger partial charge in [0.05, 0.1) is 57.4 Å². The molecular weight excluding hydrogens is 550 g/mol. The summed E-state index contributed by atoms with van der Waals surface area (Å²) in [6.07, 6.45) is 0.888. The molecule has 232 valence electrons. The highest BCUT2D eigenvalue weighted by molar-refractivity contribution is 6.24. The Labute approximate surface area is 245 Å². The van der Waals surface area contributed by atoms with Crippen LogP contribution in [0.5, 0.6) is 0 Å². The maximum absolute atomic E-state index is 13.1. The molecule has 0 bridgehead atoms. The first-order valence-electron chi connectivity index (χ1n) is 14.2. The zero-order chi connectivity index (χ0) is 30.5. The fourth-order valence-electron chi connectivity index (χ4n) is 4.46. The quantitative estimate of drug-likeness (QED) is 0.201. The largest absolute Gasteiger partial charge is 0.444 e. The van der Waals surface area contributed by atoms with E-state index in [-0.39, 0.29) is 18.4 Å². The van der Waals surface area contributed by atoms with Crippen molar-refractivity contribution in [2.45, 2.75) is 58.1 Å². The number of amides is 5. The predicted molar refractivity (Wildman–Crippen MR) is 149 cm³/mol. The van der Waals surface area contributed by atoms with E-state index in [1.165, 1.54) is 0 Å². The zero-order valence-electron chi connectivity index (χ0n) is 24.5. The van der Waals surface area contributed by atoms with Crippen LogP contribution in [0.4, 0.5) is 4.79 Å². The number of benzene rings is 1. The van der Waals surface area contributed by atoms with E-state index < -0.39 is 41.4 Å². The number of imide groups is 2. The number of carbonyl (C=O) groups is 5. The second-order valence-electron chi connectivity index (χ2n) is 10.8. The Hall–Kier alpha value is -3.39. The number of rotatable bonds is 17. The van der Waals surface area contributed by atoms with E-state index in [2.05, 4.69) is 10.6 Å². The van der Waals surface area contributed by atoms with Crippen LogP contribution in [0.25, 0.3) is 0 Å². The molecule has 1 aromatic rings. The van der Waals surface area contributed by atoms with Crippen molar-refractivity contribution in [2.24, 2.45) is 0 Å². The van der Waals surface area contributed by atoms with Gasteiger partial charge in [0.15, 0.2) is 0 Å². The molecule has 0 radical (unpaired) electrons. The Bertz CT molecular complexity index is 1120. The summed E-state index contributed by atoms with van der Waals surface area (Å²) in [4.78, 5) is 62.3. The van der Waals surface area contributed by atoms with Gasteiger partial charge in [-0.05, 0) is 51.7 Å². The maximum atomic E-state index is 13.1. The Kier molecular flexibility index (Phi) is 12.9. The van der Waals surface area contributed by atoms with Crippen LogP contribution in [0.1, 0.15) is 66.3 Å². The van der Waals surface area contributed by atoms with Crippen molar-refractivity contribution < 1.29 is 47.7 Å². The minimum Gasteiger partial charge on any atom is -0.444 e. The second kappa shape index (κ2) is 16.3. The van der Waals surface area contributed by atoms with Gasteiger partial charge in [-0.1, -0.05) is 12.1 Å². The average molecular weight is 592 g/mol. The highest BCUT2D eigenvalue weighted by atomic mass is 16.6. The standard InChI is InChI=1S/C29H41N3O10/c1-29(2,3)42-28(37)30-11-13-39-15-17-41-19-18-40-16-14-38-12-5-7-20-6-4-8-21-24(20)27(36)32(26(21)35)22-9-10-23(33)31-25(22)34/h4,6,8,22H,5,7,9-19H2,1-3H3,(H,30,37)(H,31,33,34). The van der Waals surface area contributed by atoms with Gasteiger partial charge in [0.1, 0.15) is 11.6 Å². The van der Waals surface area contributed by atoms with Crippen molar-refractivity contribution in [2.75, 3.05) is 59.4 Å². The Morgan fingerprint density at radius 3 is 2.14 bits per heavy atom. The molecule has 2 aliphatic rings. The van der Waals surface area contributed by atoms with Crippen LogP contribution in [0, 0.1) is 0 Å². The first kappa shape index (κ1) is 33.1. The lowest BCUT2D eigenvalue weighted by Crippen LogP contribution is -2.54. The zero-order valence-corrected chi connectivity index (χ0v) is 24.5. The molecule has 0 saturated carbocycles. The third kappa shape index (κ3) is 10.2. The number of hydrogen-bond donors (Lipinski definition) is 2. The number of carbonyl (C=O) groups excluding carboxylic acids is 5. The highest BCUT2D eigenvalue weighted by Crippen LogP contribution is 2.30. The molecule has 1 aromatic carbocycles. The molecule has 1 unspecified atom stereocenters. The fourth-order valence-corrected chi connectivity index (χ4v) is 4.46. The van der Waals surface area contributed by atoms with Crippen LogP contribution in [-0.4, -0.2) is 106 Å². The lowest BCUT2D eigenvalue weighted by Gasteiger charge is -2.27. The third-order valence-electron chi connectivity index (χ3n) is 6.32. The predicted octanol–water partition coefficient (Wildman–Crippen LogP) is 1.61. The molecule has 42 heavy (non-hydrogen) atoms. The van der Waals surface area contributed by atoms with Crippen LogP contribution in [0.15, 0.2) is 18.2 Å². The van der Waals surface area contributed by atoms with Gasteiger partial charge in [-0.3, -0.25) is 29.4 Å². The van der Waals surface area contributed by atoms with E-state index in [0.29, 0.717) is 77.8 Å². The van der Waals surface area contributed by atoms with E-state index in [9.17, 15) is 24.0 Å². The summed E-state index contributed by atoms with van der Waals surface area (Å²) in [5, 5.41) is 4.82. The van der Waals surface area contributed by atoms with Crippen molar-refractivity contribution in [3.8, 4) is 0 Å². The molecule has 2 N–H and O–H groups in total. The summed E-state index contributed by atoms with van der Waals surface area (Å²) in [5.74, 6) is -2.04. The van der Waals surface area contributed by atoms with Crippen molar-refractivity contribution in [3.05, 3.63) is 34.9 Å². The molecule has 5 amide bonds. The smallest absolute Gasteiger partial charge is 0.407 e. The minimum atomic E-state index is -0.982. The summed E-state index contributed by atoms with van der Waals surface area (Å²) in [5.41, 5.74) is 0.786. The summed E-state index contributed by atoms with van der Waals surface area (Å²) >= 11 is 0. The van der Waals surface area contributed by atoms with Gasteiger partial charge in [-0.25, -0.2) is 4.79 Å². The van der Waals surface area contributed by atoms with Crippen molar-refractivity contribution >= 4 is 29.7 Å². The summed E-state index contributed by atoms with van der Waals surface area (Å²) in [6, 6.07) is 4.12. The lowest BCUT2D eigenvalue weighted by atomic mass is 9.99. The normalized spacial score (nSPS) is 16.9. The highest BCUT2D eigenvalue weighted by Gasteiger charge is 2.45. The number of ether oxygens (including phenoxy) is 5. The van der Waals surface area contributed by atoms with Gasteiger partial charge in [-0.2, -0.15) is 0 Å². The van der Waals surface area contributed by atoms with Crippen molar-refractivity contribution in [1.29, 1.82) is 0 Å².